The van der Waals surface area contributed by atoms with Crippen molar-refractivity contribution in [3.8, 4) is 11.3 Å². The van der Waals surface area contributed by atoms with Crippen LogP contribution in [0, 0.1) is 0 Å². The molecule has 9 heteroatoms. The van der Waals surface area contributed by atoms with Gasteiger partial charge < -0.3 is 15.4 Å². The number of halogens is 1. The molecule has 0 aliphatic heterocycles. The Morgan fingerprint density at radius 2 is 1.95 bits per heavy atom. The third kappa shape index (κ3) is 2.15. The molecule has 0 saturated carbocycles. The maximum atomic E-state index is 9.02. The predicted molar refractivity (Wildman–Crippen MR) is 72.9 cm³/mol. The van der Waals surface area contributed by atoms with Crippen molar-refractivity contribution in [1.29, 1.82) is 0 Å². The first-order chi connectivity index (χ1) is 9.69. The number of nitrogen functional groups attached to an aromatic ring is 1. The number of imidazole rings is 1. The molecule has 0 atom stereocenters. The highest BCUT2D eigenvalue weighted by Crippen LogP contribution is 2.25. The number of hydrogen-bond acceptors (Lipinski definition) is 7. The Morgan fingerprint density at radius 3 is 2.65 bits per heavy atom. The van der Waals surface area contributed by atoms with Crippen LogP contribution in [0.25, 0.3) is 22.4 Å². The van der Waals surface area contributed by atoms with E-state index in [9.17, 15) is 0 Å². The molecule has 3 rings (SSSR count). The minimum Gasteiger partial charge on any atom is -0.395 e. The second-order valence-electron chi connectivity index (χ2n) is 4.00. The van der Waals surface area contributed by atoms with Crippen molar-refractivity contribution in [3.05, 3.63) is 24.0 Å². The van der Waals surface area contributed by atoms with Gasteiger partial charge in [0.15, 0.2) is 5.65 Å². The molecule has 0 aromatic carbocycles. The summed E-state index contributed by atoms with van der Waals surface area (Å²) in [5.74, 6) is 0.177. The van der Waals surface area contributed by atoms with Crippen LogP contribution in [-0.4, -0.2) is 41.2 Å². The van der Waals surface area contributed by atoms with Crippen LogP contribution in [0.3, 0.4) is 0 Å². The number of anilines is 1. The van der Waals surface area contributed by atoms with Gasteiger partial charge in [-0.3, -0.25) is 0 Å². The summed E-state index contributed by atoms with van der Waals surface area (Å²) >= 11 is 5.94. The van der Waals surface area contributed by atoms with Gasteiger partial charge in [0.25, 0.3) is 0 Å². The van der Waals surface area contributed by atoms with Gasteiger partial charge in [0, 0.05) is 24.5 Å². The van der Waals surface area contributed by atoms with Gasteiger partial charge in [0.2, 0.25) is 11.2 Å². The fourth-order valence-corrected chi connectivity index (χ4v) is 2.02. The van der Waals surface area contributed by atoms with Gasteiger partial charge in [-0.15, -0.1) is 0 Å². The van der Waals surface area contributed by atoms with E-state index in [1.807, 2.05) is 0 Å². The molecular weight excluding hydrogens is 282 g/mol. The van der Waals surface area contributed by atoms with E-state index in [1.54, 1.807) is 23.3 Å². The zero-order valence-corrected chi connectivity index (χ0v) is 11.0. The molecule has 0 saturated heterocycles. The molecule has 0 bridgehead atoms. The van der Waals surface area contributed by atoms with Crippen molar-refractivity contribution in [1.82, 2.24) is 29.5 Å². The van der Waals surface area contributed by atoms with Crippen LogP contribution in [0.15, 0.2) is 18.7 Å². The number of aromatic nitrogens is 6. The molecule has 102 valence electrons. The summed E-state index contributed by atoms with van der Waals surface area (Å²) in [6, 6.07) is 0. The van der Waals surface area contributed by atoms with Crippen LogP contribution >= 0.6 is 11.6 Å². The van der Waals surface area contributed by atoms with Gasteiger partial charge in [0.1, 0.15) is 11.2 Å². The summed E-state index contributed by atoms with van der Waals surface area (Å²) < 4.78 is 1.70. The first kappa shape index (κ1) is 12.7. The van der Waals surface area contributed by atoms with Gasteiger partial charge in [0.05, 0.1) is 12.9 Å². The number of aliphatic hydroxyl groups is 1. The van der Waals surface area contributed by atoms with E-state index in [0.29, 0.717) is 29.0 Å². The molecule has 3 aromatic rings. The molecular formula is C11H10ClN7O. The molecule has 0 aliphatic rings. The summed E-state index contributed by atoms with van der Waals surface area (Å²) in [7, 11) is 0. The minimum absolute atomic E-state index is 0.0204. The highest BCUT2D eigenvalue weighted by atomic mass is 35.5. The van der Waals surface area contributed by atoms with Crippen LogP contribution in [0.2, 0.25) is 5.28 Å². The monoisotopic (exact) mass is 291 g/mol. The molecule has 0 unspecified atom stereocenters. The molecule has 0 fully saturated rings. The third-order valence-corrected chi connectivity index (χ3v) is 2.89. The average Bonchev–Trinajstić information content (AvgIpc) is 2.82. The Labute approximate surface area is 118 Å². The smallest absolute Gasteiger partial charge is 0.225 e. The van der Waals surface area contributed by atoms with E-state index >= 15 is 0 Å². The number of rotatable bonds is 3. The number of fused-ring (bicyclic) bond motifs is 1. The van der Waals surface area contributed by atoms with Crippen molar-refractivity contribution in [2.75, 3.05) is 12.3 Å². The summed E-state index contributed by atoms with van der Waals surface area (Å²) in [6.07, 6.45) is 4.67. The quantitative estimate of drug-likeness (QED) is 0.675. The Morgan fingerprint density at radius 1 is 1.20 bits per heavy atom. The van der Waals surface area contributed by atoms with Crippen LogP contribution in [0.4, 0.5) is 5.95 Å². The number of nitrogens with two attached hydrogens (primary N) is 1. The van der Waals surface area contributed by atoms with Crippen LogP contribution in [0.1, 0.15) is 0 Å². The molecule has 0 amide bonds. The Hall–Kier alpha value is -2.32. The number of aliphatic hydroxyl groups excluding tert-OH is 1. The normalized spacial score (nSPS) is 11.1. The number of nitrogens with zero attached hydrogens (tertiary/aromatic N) is 6. The lowest BCUT2D eigenvalue weighted by Crippen LogP contribution is -2.02. The van der Waals surface area contributed by atoms with E-state index in [1.165, 1.54) is 0 Å². The van der Waals surface area contributed by atoms with Crippen LogP contribution in [-0.2, 0) is 6.54 Å². The van der Waals surface area contributed by atoms with Gasteiger partial charge in [-0.05, 0) is 11.6 Å². The summed E-state index contributed by atoms with van der Waals surface area (Å²) in [5.41, 5.74) is 7.74. The summed E-state index contributed by atoms with van der Waals surface area (Å²) in [6.45, 7) is 0.356. The largest absolute Gasteiger partial charge is 0.395 e. The average molecular weight is 292 g/mol. The number of hydrogen-bond donors (Lipinski definition) is 2. The molecule has 20 heavy (non-hydrogen) atoms. The molecule has 0 spiro atoms. The standard InChI is InChI=1S/C11H10ClN7O/c12-10-17-7(6-3-14-11(13)15-4-6)8-9(18-10)19(1-2-20)5-16-8/h3-5,20H,1-2H2,(H2,13,14,15). The third-order valence-electron chi connectivity index (χ3n) is 2.72. The topological polar surface area (TPSA) is 116 Å². The molecule has 3 N–H and O–H groups in total. The zero-order valence-electron chi connectivity index (χ0n) is 10.2. The first-order valence-electron chi connectivity index (χ1n) is 5.76. The van der Waals surface area contributed by atoms with Crippen LogP contribution < -0.4 is 5.73 Å². The van der Waals surface area contributed by atoms with E-state index in [-0.39, 0.29) is 17.8 Å². The first-order valence-corrected chi connectivity index (χ1v) is 6.14. The van der Waals surface area contributed by atoms with Gasteiger partial charge in [-0.1, -0.05) is 0 Å². The molecule has 0 radical (unpaired) electrons. The fourth-order valence-electron chi connectivity index (χ4n) is 1.85. The maximum Gasteiger partial charge on any atom is 0.225 e. The second kappa shape index (κ2) is 4.99. The molecule has 3 heterocycles. The molecule has 0 aliphatic carbocycles. The highest BCUT2D eigenvalue weighted by molar-refractivity contribution is 6.28. The van der Waals surface area contributed by atoms with Crippen molar-refractivity contribution in [2.24, 2.45) is 0 Å². The lowest BCUT2D eigenvalue weighted by molar-refractivity contribution is 0.277. The summed E-state index contributed by atoms with van der Waals surface area (Å²) in [4.78, 5) is 20.4. The van der Waals surface area contributed by atoms with Crippen LogP contribution in [0.5, 0.6) is 0 Å². The Bertz CT molecular complexity index is 755. The van der Waals surface area contributed by atoms with Crippen molar-refractivity contribution in [2.45, 2.75) is 6.54 Å². The zero-order chi connectivity index (χ0) is 14.1. The van der Waals surface area contributed by atoms with Gasteiger partial charge >= 0.3 is 0 Å². The SMILES string of the molecule is Nc1ncc(-c2nc(Cl)nc3c2ncn3CCO)cn1. The van der Waals surface area contributed by atoms with Gasteiger partial charge in [-0.2, -0.15) is 4.98 Å². The minimum atomic E-state index is -0.0204. The Balaban J connectivity index is 2.22. The Kier molecular flexibility index (Phi) is 3.17. The molecule has 3 aromatic heterocycles. The van der Waals surface area contributed by atoms with Crippen molar-refractivity contribution in [3.63, 3.8) is 0 Å². The van der Waals surface area contributed by atoms with E-state index < -0.39 is 0 Å². The lowest BCUT2D eigenvalue weighted by atomic mass is 10.2. The second-order valence-corrected chi connectivity index (χ2v) is 4.34. The lowest BCUT2D eigenvalue weighted by Gasteiger charge is -2.04. The predicted octanol–water partition coefficient (Wildman–Crippen LogP) is 0.511. The fraction of sp³-hybridized carbons (Fsp3) is 0.182. The summed E-state index contributed by atoms with van der Waals surface area (Å²) in [5, 5.41) is 9.11. The van der Waals surface area contributed by atoms with Crippen molar-refractivity contribution >= 4 is 28.7 Å². The molecule has 8 nitrogen and oxygen atoms in total. The van der Waals surface area contributed by atoms with E-state index in [4.69, 9.17) is 22.4 Å². The van der Waals surface area contributed by atoms with E-state index in [2.05, 4.69) is 24.9 Å². The highest BCUT2D eigenvalue weighted by Gasteiger charge is 2.14. The van der Waals surface area contributed by atoms with E-state index in [0.717, 1.165) is 0 Å². The van der Waals surface area contributed by atoms with Crippen molar-refractivity contribution < 1.29 is 5.11 Å². The maximum absolute atomic E-state index is 9.02. The van der Waals surface area contributed by atoms with Gasteiger partial charge in [-0.25, -0.2) is 19.9 Å².